The van der Waals surface area contributed by atoms with Gasteiger partial charge in [-0.05, 0) is 12.5 Å². The van der Waals surface area contributed by atoms with E-state index in [1.54, 1.807) is 11.8 Å². The van der Waals surface area contributed by atoms with Gasteiger partial charge in [-0.2, -0.15) is 16.1 Å². The fourth-order valence-corrected chi connectivity index (χ4v) is 5.00. The van der Waals surface area contributed by atoms with Crippen LogP contribution in [0, 0.1) is 11.6 Å². The van der Waals surface area contributed by atoms with Crippen molar-refractivity contribution in [3.8, 4) is 0 Å². The van der Waals surface area contributed by atoms with Gasteiger partial charge in [0, 0.05) is 30.2 Å². The maximum absolute atomic E-state index is 13.8. The lowest BCUT2D eigenvalue weighted by Crippen LogP contribution is -2.42. The zero-order chi connectivity index (χ0) is 14.9. The fourth-order valence-electron chi connectivity index (χ4n) is 2.04. The maximum atomic E-state index is 13.8. The highest BCUT2D eigenvalue weighted by molar-refractivity contribution is 8.00. The molecule has 1 atom stereocenters. The van der Waals surface area contributed by atoms with Gasteiger partial charge < -0.3 is 5.73 Å². The number of nitrogen functional groups attached to an aromatic ring is 1. The largest absolute Gasteiger partial charge is 0.396 e. The van der Waals surface area contributed by atoms with Crippen molar-refractivity contribution < 1.29 is 17.2 Å². The third-order valence-electron chi connectivity index (χ3n) is 3.23. The van der Waals surface area contributed by atoms with Crippen molar-refractivity contribution in [1.82, 2.24) is 4.31 Å². The lowest BCUT2D eigenvalue weighted by Gasteiger charge is -2.31. The average molecular weight is 322 g/mol. The molecule has 0 bridgehead atoms. The van der Waals surface area contributed by atoms with Crippen LogP contribution in [-0.2, 0) is 10.0 Å². The molecule has 1 aliphatic rings. The van der Waals surface area contributed by atoms with Crippen molar-refractivity contribution in [1.29, 1.82) is 0 Å². The Morgan fingerprint density at radius 2 is 2.10 bits per heavy atom. The third kappa shape index (κ3) is 2.91. The molecule has 2 N–H and O–H groups in total. The fraction of sp³-hybridized carbons (Fsp3) is 0.500. The van der Waals surface area contributed by atoms with E-state index < -0.39 is 26.6 Å². The van der Waals surface area contributed by atoms with E-state index in [0.717, 1.165) is 12.5 Å². The van der Waals surface area contributed by atoms with Crippen molar-refractivity contribution >= 4 is 27.5 Å². The summed E-state index contributed by atoms with van der Waals surface area (Å²) in [6.07, 6.45) is 0.838. The number of nitrogens with two attached hydrogens (primary N) is 1. The second-order valence-electron chi connectivity index (χ2n) is 4.57. The van der Waals surface area contributed by atoms with Crippen LogP contribution in [0.2, 0.25) is 0 Å². The summed E-state index contributed by atoms with van der Waals surface area (Å²) in [5.41, 5.74) is 4.97. The number of thioether (sulfide) groups is 1. The number of anilines is 1. The Bertz CT molecular complexity index is 608. The molecular formula is C12H16F2N2O2S2. The molecule has 1 heterocycles. The SMILES string of the molecule is CCC1CN(S(=O)(=O)c2cc(N)c(F)cc2F)CCS1. The van der Waals surface area contributed by atoms with E-state index >= 15 is 0 Å². The van der Waals surface area contributed by atoms with Crippen molar-refractivity contribution in [3.63, 3.8) is 0 Å². The summed E-state index contributed by atoms with van der Waals surface area (Å²) in [7, 11) is -3.98. The Balaban J connectivity index is 2.37. The number of nitrogens with zero attached hydrogens (tertiary/aromatic N) is 1. The molecule has 0 saturated carbocycles. The van der Waals surface area contributed by atoms with Gasteiger partial charge in [0.15, 0.2) is 0 Å². The van der Waals surface area contributed by atoms with Crippen molar-refractivity contribution in [2.45, 2.75) is 23.5 Å². The van der Waals surface area contributed by atoms with Crippen LogP contribution < -0.4 is 5.73 Å². The normalized spacial score (nSPS) is 21.1. The molecule has 1 saturated heterocycles. The standard InChI is InChI=1S/C12H16F2N2O2S2/c1-2-8-7-16(3-4-19-8)20(17,18)12-6-11(15)9(13)5-10(12)14/h5-6,8H,2-4,7,15H2,1H3. The average Bonchev–Trinajstić information content (AvgIpc) is 2.42. The first kappa shape index (κ1) is 15.5. The molecule has 0 radical (unpaired) electrons. The molecule has 1 unspecified atom stereocenters. The van der Waals surface area contributed by atoms with Gasteiger partial charge >= 0.3 is 0 Å². The van der Waals surface area contributed by atoms with E-state index in [0.29, 0.717) is 24.9 Å². The van der Waals surface area contributed by atoms with E-state index in [9.17, 15) is 17.2 Å². The van der Waals surface area contributed by atoms with Crippen LogP contribution in [0.4, 0.5) is 14.5 Å². The lowest BCUT2D eigenvalue weighted by atomic mass is 10.3. The third-order valence-corrected chi connectivity index (χ3v) is 6.48. The second-order valence-corrected chi connectivity index (χ2v) is 7.88. The summed E-state index contributed by atoms with van der Waals surface area (Å²) in [5, 5.41) is 0.194. The second kappa shape index (κ2) is 5.87. The minimum Gasteiger partial charge on any atom is -0.396 e. The highest BCUT2D eigenvalue weighted by Gasteiger charge is 2.32. The van der Waals surface area contributed by atoms with Crippen LogP contribution in [0.3, 0.4) is 0 Å². The molecule has 0 amide bonds. The van der Waals surface area contributed by atoms with Gasteiger partial charge in [0.1, 0.15) is 16.5 Å². The number of hydrogen-bond acceptors (Lipinski definition) is 4. The minimum absolute atomic E-state index is 0.194. The predicted octanol–water partition coefficient (Wildman–Crippen LogP) is 2.06. The monoisotopic (exact) mass is 322 g/mol. The van der Waals surface area contributed by atoms with Crippen LogP contribution in [0.25, 0.3) is 0 Å². The number of rotatable bonds is 3. The molecule has 8 heteroatoms. The van der Waals surface area contributed by atoms with Crippen LogP contribution in [-0.4, -0.2) is 36.8 Å². The van der Waals surface area contributed by atoms with E-state index in [4.69, 9.17) is 5.73 Å². The summed E-state index contributed by atoms with van der Waals surface area (Å²) < 4.78 is 53.0. The van der Waals surface area contributed by atoms with Crippen molar-refractivity contribution in [2.24, 2.45) is 0 Å². The first-order chi connectivity index (χ1) is 9.36. The quantitative estimate of drug-likeness (QED) is 0.865. The topological polar surface area (TPSA) is 63.4 Å². The first-order valence-corrected chi connectivity index (χ1v) is 8.71. The van der Waals surface area contributed by atoms with Crippen LogP contribution >= 0.6 is 11.8 Å². The minimum atomic E-state index is -3.98. The zero-order valence-electron chi connectivity index (χ0n) is 11.0. The Hall–Kier alpha value is -0.860. The molecule has 4 nitrogen and oxygen atoms in total. The summed E-state index contributed by atoms with van der Waals surface area (Å²) in [6, 6.07) is 1.36. The number of sulfonamides is 1. The van der Waals surface area contributed by atoms with Crippen LogP contribution in [0.5, 0.6) is 0 Å². The van der Waals surface area contributed by atoms with E-state index in [2.05, 4.69) is 0 Å². The van der Waals surface area contributed by atoms with Gasteiger partial charge in [0.25, 0.3) is 0 Å². The molecule has 0 spiro atoms. The molecule has 0 aromatic heterocycles. The Labute approximate surface area is 121 Å². The molecular weight excluding hydrogens is 306 g/mol. The molecule has 1 fully saturated rings. The van der Waals surface area contributed by atoms with E-state index in [1.165, 1.54) is 4.31 Å². The number of benzene rings is 1. The highest BCUT2D eigenvalue weighted by atomic mass is 32.2. The number of halogens is 2. The van der Waals surface area contributed by atoms with Crippen LogP contribution in [0.15, 0.2) is 17.0 Å². The number of hydrogen-bond donors (Lipinski definition) is 1. The Morgan fingerprint density at radius 3 is 2.75 bits per heavy atom. The smallest absolute Gasteiger partial charge is 0.246 e. The van der Waals surface area contributed by atoms with Gasteiger partial charge in [0.2, 0.25) is 10.0 Å². The molecule has 1 aromatic rings. The summed E-state index contributed by atoms with van der Waals surface area (Å²) in [4.78, 5) is -0.557. The molecule has 1 aromatic carbocycles. The highest BCUT2D eigenvalue weighted by Crippen LogP contribution is 2.28. The Kier molecular flexibility index (Phi) is 4.55. The summed E-state index contributed by atoms with van der Waals surface area (Å²) >= 11 is 1.70. The van der Waals surface area contributed by atoms with Crippen molar-refractivity contribution in [2.75, 3.05) is 24.6 Å². The first-order valence-electron chi connectivity index (χ1n) is 6.22. The van der Waals surface area contributed by atoms with E-state index in [-0.39, 0.29) is 10.9 Å². The zero-order valence-corrected chi connectivity index (χ0v) is 12.6. The molecule has 0 aliphatic carbocycles. The van der Waals surface area contributed by atoms with Gasteiger partial charge in [-0.3, -0.25) is 0 Å². The lowest BCUT2D eigenvalue weighted by molar-refractivity contribution is 0.412. The molecule has 2 rings (SSSR count). The van der Waals surface area contributed by atoms with Crippen molar-refractivity contribution in [3.05, 3.63) is 23.8 Å². The summed E-state index contributed by atoms with van der Waals surface area (Å²) in [6.45, 7) is 2.63. The molecule has 112 valence electrons. The Morgan fingerprint density at radius 1 is 1.40 bits per heavy atom. The summed E-state index contributed by atoms with van der Waals surface area (Å²) in [5.74, 6) is -1.40. The van der Waals surface area contributed by atoms with Gasteiger partial charge in [0.05, 0.1) is 5.69 Å². The van der Waals surface area contributed by atoms with Gasteiger partial charge in [-0.25, -0.2) is 17.2 Å². The van der Waals surface area contributed by atoms with Gasteiger partial charge in [-0.1, -0.05) is 6.92 Å². The maximum Gasteiger partial charge on any atom is 0.246 e. The van der Waals surface area contributed by atoms with Crippen LogP contribution in [0.1, 0.15) is 13.3 Å². The molecule has 1 aliphatic heterocycles. The van der Waals surface area contributed by atoms with Gasteiger partial charge in [-0.15, -0.1) is 0 Å². The van der Waals surface area contributed by atoms with E-state index in [1.807, 2.05) is 6.92 Å². The predicted molar refractivity (Wildman–Crippen MR) is 76.1 cm³/mol. The molecule has 20 heavy (non-hydrogen) atoms.